The van der Waals surface area contributed by atoms with Gasteiger partial charge in [0.2, 0.25) is 0 Å². The molecule has 1 N–H and O–H groups in total. The van der Waals surface area contributed by atoms with Crippen molar-refractivity contribution in [3.63, 3.8) is 0 Å². The summed E-state index contributed by atoms with van der Waals surface area (Å²) in [4.78, 5) is 20.6. The summed E-state index contributed by atoms with van der Waals surface area (Å²) in [7, 11) is 0. The van der Waals surface area contributed by atoms with Gasteiger partial charge >= 0.3 is 0 Å². The summed E-state index contributed by atoms with van der Waals surface area (Å²) < 4.78 is 6.71. The Hall–Kier alpha value is -2.51. The van der Waals surface area contributed by atoms with Gasteiger partial charge in [0.15, 0.2) is 21.7 Å². The fraction of sp³-hybridized carbons (Fsp3) is 0. The maximum absolute atomic E-state index is 12.1. The van der Waals surface area contributed by atoms with Crippen molar-refractivity contribution in [3.05, 3.63) is 53.7 Å². The van der Waals surface area contributed by atoms with Crippen LogP contribution in [0.4, 0.5) is 5.13 Å². The molecule has 0 aliphatic carbocycles. The number of furan rings is 1. The molecule has 4 rings (SSSR count). The number of hydrogen-bond acceptors (Lipinski definition) is 6. The molecule has 22 heavy (non-hydrogen) atoms. The predicted octanol–water partition coefficient (Wildman–Crippen LogP) is 4.27. The van der Waals surface area contributed by atoms with Crippen LogP contribution < -0.4 is 5.32 Å². The molecular weight excluding hydrogens is 318 g/mol. The molecule has 0 fully saturated rings. The van der Waals surface area contributed by atoms with Crippen molar-refractivity contribution in [2.24, 2.45) is 0 Å². The minimum absolute atomic E-state index is 0.240. The number of nitrogens with one attached hydrogen (secondary N) is 1. The fourth-order valence-corrected chi connectivity index (χ4v) is 3.45. The van der Waals surface area contributed by atoms with Crippen LogP contribution in [-0.4, -0.2) is 15.9 Å². The molecule has 0 radical (unpaired) electrons. The van der Waals surface area contributed by atoms with Crippen LogP contribution in [0.15, 0.2) is 52.4 Å². The third-order valence-electron chi connectivity index (χ3n) is 2.99. The van der Waals surface area contributed by atoms with E-state index in [1.807, 2.05) is 24.3 Å². The number of carbonyl (C=O) groups excluding carboxylic acids is 1. The first-order valence-corrected chi connectivity index (χ1v) is 8.16. The van der Waals surface area contributed by atoms with Gasteiger partial charge in [0.1, 0.15) is 0 Å². The minimum atomic E-state index is -0.317. The Morgan fingerprint density at radius 3 is 2.91 bits per heavy atom. The third-order valence-corrected chi connectivity index (χ3v) is 4.73. The van der Waals surface area contributed by atoms with E-state index >= 15 is 0 Å². The molecule has 0 saturated heterocycles. The van der Waals surface area contributed by atoms with Crippen molar-refractivity contribution in [3.8, 4) is 10.8 Å². The van der Waals surface area contributed by atoms with Crippen LogP contribution in [0, 0.1) is 0 Å². The van der Waals surface area contributed by atoms with Gasteiger partial charge in [-0.15, -0.1) is 22.7 Å². The summed E-state index contributed by atoms with van der Waals surface area (Å²) in [6.07, 6.45) is 1.63. The van der Waals surface area contributed by atoms with Crippen molar-refractivity contribution in [2.45, 2.75) is 0 Å². The van der Waals surface area contributed by atoms with Gasteiger partial charge in [-0.25, -0.2) is 9.97 Å². The predicted molar refractivity (Wildman–Crippen MR) is 87.4 cm³/mol. The molecule has 0 atom stereocenters. The highest BCUT2D eigenvalue weighted by Crippen LogP contribution is 2.31. The fourth-order valence-electron chi connectivity index (χ4n) is 2.00. The lowest BCUT2D eigenvalue weighted by molar-refractivity contribution is 0.0997. The molecule has 0 saturated carbocycles. The van der Waals surface area contributed by atoms with E-state index in [2.05, 4.69) is 15.3 Å². The van der Waals surface area contributed by atoms with Gasteiger partial charge in [-0.2, -0.15) is 0 Å². The lowest BCUT2D eigenvalue weighted by Gasteiger charge is -1.97. The van der Waals surface area contributed by atoms with Crippen molar-refractivity contribution in [2.75, 3.05) is 5.32 Å². The smallest absolute Gasteiger partial charge is 0.293 e. The zero-order chi connectivity index (χ0) is 14.9. The number of carbonyl (C=O) groups is 1. The summed E-state index contributed by atoms with van der Waals surface area (Å²) >= 11 is 2.89. The van der Waals surface area contributed by atoms with Gasteiger partial charge in [-0.1, -0.05) is 12.1 Å². The largest absolute Gasteiger partial charge is 0.448 e. The first-order chi connectivity index (χ1) is 10.8. The highest BCUT2D eigenvalue weighted by molar-refractivity contribution is 7.21. The summed E-state index contributed by atoms with van der Waals surface area (Å²) in [5.74, 6) is 0.511. The molecule has 7 heteroatoms. The van der Waals surface area contributed by atoms with Crippen molar-refractivity contribution in [1.82, 2.24) is 9.97 Å². The standard InChI is InChI=1S/C15H9N3O2S2/c19-13(18-15-16-7-8-21-15)10-5-6-11(20-10)14-17-9-3-1-2-4-12(9)22-14/h1-8H,(H,16,18,19). The Labute approximate surface area is 133 Å². The Balaban J connectivity index is 1.62. The maximum atomic E-state index is 12.1. The van der Waals surface area contributed by atoms with E-state index in [4.69, 9.17) is 4.42 Å². The number of amides is 1. The van der Waals surface area contributed by atoms with Crippen LogP contribution in [0.3, 0.4) is 0 Å². The highest BCUT2D eigenvalue weighted by atomic mass is 32.1. The number of rotatable bonds is 3. The van der Waals surface area contributed by atoms with E-state index in [9.17, 15) is 4.79 Å². The monoisotopic (exact) mass is 327 g/mol. The van der Waals surface area contributed by atoms with Gasteiger partial charge < -0.3 is 4.42 Å². The lowest BCUT2D eigenvalue weighted by atomic mass is 10.3. The molecule has 0 unspecified atom stereocenters. The van der Waals surface area contributed by atoms with Crippen LogP contribution in [-0.2, 0) is 0 Å². The number of anilines is 1. The topological polar surface area (TPSA) is 68.0 Å². The summed E-state index contributed by atoms with van der Waals surface area (Å²) in [5.41, 5.74) is 0.924. The number of nitrogens with zero attached hydrogens (tertiary/aromatic N) is 2. The molecular formula is C15H9N3O2S2. The second kappa shape index (κ2) is 5.36. The van der Waals surface area contributed by atoms with Gasteiger partial charge in [-0.05, 0) is 24.3 Å². The molecule has 1 amide bonds. The quantitative estimate of drug-likeness (QED) is 0.610. The molecule has 108 valence electrons. The van der Waals surface area contributed by atoms with Gasteiger partial charge in [-0.3, -0.25) is 10.1 Å². The van der Waals surface area contributed by atoms with Crippen LogP contribution in [0.1, 0.15) is 10.6 Å². The number of hydrogen-bond donors (Lipinski definition) is 1. The summed E-state index contributed by atoms with van der Waals surface area (Å²) in [6.45, 7) is 0. The lowest BCUT2D eigenvalue weighted by Crippen LogP contribution is -2.10. The Bertz CT molecular complexity index is 908. The van der Waals surface area contributed by atoms with E-state index in [0.29, 0.717) is 10.9 Å². The van der Waals surface area contributed by atoms with Crippen LogP contribution in [0.5, 0.6) is 0 Å². The number of para-hydroxylation sites is 1. The van der Waals surface area contributed by atoms with Crippen LogP contribution in [0.25, 0.3) is 21.0 Å². The summed E-state index contributed by atoms with van der Waals surface area (Å²) in [5, 5.41) is 5.79. The number of aromatic nitrogens is 2. The van der Waals surface area contributed by atoms with Crippen molar-refractivity contribution < 1.29 is 9.21 Å². The normalized spacial score (nSPS) is 10.9. The molecule has 0 aliphatic rings. The van der Waals surface area contributed by atoms with Gasteiger partial charge in [0, 0.05) is 11.6 Å². The molecule has 5 nitrogen and oxygen atoms in total. The molecule has 0 bridgehead atoms. The summed E-state index contributed by atoms with van der Waals surface area (Å²) in [6, 6.07) is 11.3. The average molecular weight is 327 g/mol. The molecule has 1 aromatic carbocycles. The second-order valence-corrected chi connectivity index (χ2v) is 6.37. The first-order valence-electron chi connectivity index (χ1n) is 6.46. The van der Waals surface area contributed by atoms with E-state index in [0.717, 1.165) is 15.2 Å². The molecule has 0 aliphatic heterocycles. The van der Waals surface area contributed by atoms with Crippen LogP contribution >= 0.6 is 22.7 Å². The molecule has 4 aromatic rings. The first kappa shape index (κ1) is 13.2. The zero-order valence-electron chi connectivity index (χ0n) is 11.1. The van der Waals surface area contributed by atoms with E-state index in [1.54, 1.807) is 23.7 Å². The van der Waals surface area contributed by atoms with Gasteiger partial charge in [0.05, 0.1) is 10.2 Å². The maximum Gasteiger partial charge on any atom is 0.293 e. The third kappa shape index (κ3) is 2.40. The minimum Gasteiger partial charge on any atom is -0.448 e. The van der Waals surface area contributed by atoms with Crippen molar-refractivity contribution >= 4 is 43.9 Å². The van der Waals surface area contributed by atoms with E-state index < -0.39 is 0 Å². The number of fused-ring (bicyclic) bond motifs is 1. The zero-order valence-corrected chi connectivity index (χ0v) is 12.8. The van der Waals surface area contributed by atoms with E-state index in [1.165, 1.54) is 22.7 Å². The Morgan fingerprint density at radius 1 is 1.18 bits per heavy atom. The SMILES string of the molecule is O=C(Nc1nccs1)c1ccc(-c2nc3ccccc3s2)o1. The van der Waals surface area contributed by atoms with E-state index in [-0.39, 0.29) is 11.7 Å². The number of thiazole rings is 2. The van der Waals surface area contributed by atoms with Crippen molar-refractivity contribution in [1.29, 1.82) is 0 Å². The van der Waals surface area contributed by atoms with Crippen LogP contribution in [0.2, 0.25) is 0 Å². The Kier molecular flexibility index (Phi) is 3.21. The highest BCUT2D eigenvalue weighted by Gasteiger charge is 2.15. The molecule has 3 aromatic heterocycles. The Morgan fingerprint density at radius 2 is 2.09 bits per heavy atom. The average Bonchev–Trinajstić information content (AvgIpc) is 3.26. The van der Waals surface area contributed by atoms with Gasteiger partial charge in [0.25, 0.3) is 5.91 Å². The number of benzene rings is 1. The molecule has 0 spiro atoms. The second-order valence-electron chi connectivity index (χ2n) is 4.44. The molecule has 3 heterocycles.